The molecule has 2 rings (SSSR count). The maximum Gasteiger partial charge on any atom is 0.165 e. The molecule has 1 saturated heterocycles. The van der Waals surface area contributed by atoms with Crippen molar-refractivity contribution in [1.82, 2.24) is 4.90 Å². The largest absolute Gasteiger partial charge is 0.303 e. The Hall–Kier alpha value is -0.380. The summed E-state index contributed by atoms with van der Waals surface area (Å²) in [6.07, 6.45) is 3.06. The van der Waals surface area contributed by atoms with Crippen molar-refractivity contribution in [2.24, 2.45) is 11.8 Å². The number of nitrogens with zero attached hydrogens (tertiary/aromatic N) is 1. The lowest BCUT2D eigenvalue weighted by Crippen LogP contribution is -2.36. The molecule has 0 aromatic heterocycles. The molecule has 0 radical (unpaired) electrons. The van der Waals surface area contributed by atoms with Gasteiger partial charge in [-0.2, -0.15) is 0 Å². The Labute approximate surface area is 141 Å². The van der Waals surface area contributed by atoms with Gasteiger partial charge in [-0.05, 0) is 56.0 Å². The molecular formula is C17H23BrClNO. The fourth-order valence-electron chi connectivity index (χ4n) is 2.95. The van der Waals surface area contributed by atoms with Gasteiger partial charge in [0.05, 0.1) is 5.02 Å². The highest BCUT2D eigenvalue weighted by molar-refractivity contribution is 9.10. The molecule has 0 saturated carbocycles. The van der Waals surface area contributed by atoms with E-state index in [-0.39, 0.29) is 5.78 Å². The molecule has 1 aromatic carbocycles. The van der Waals surface area contributed by atoms with Crippen molar-refractivity contribution in [3.8, 4) is 0 Å². The normalized spacial score (nSPS) is 17.4. The average Bonchev–Trinajstić information content (AvgIpc) is 2.45. The molecule has 0 spiro atoms. The van der Waals surface area contributed by atoms with E-state index in [4.69, 9.17) is 11.6 Å². The summed E-state index contributed by atoms with van der Waals surface area (Å²) >= 11 is 9.50. The summed E-state index contributed by atoms with van der Waals surface area (Å²) in [5, 5.41) is 0.535. The number of halogens is 2. The molecule has 1 aliphatic rings. The van der Waals surface area contributed by atoms with Gasteiger partial charge in [-0.3, -0.25) is 4.79 Å². The van der Waals surface area contributed by atoms with Crippen LogP contribution >= 0.6 is 27.5 Å². The molecule has 1 aliphatic heterocycles. The number of carbonyl (C=O) groups excluding carboxylic acids is 1. The first-order valence-electron chi connectivity index (χ1n) is 7.68. The molecule has 1 fully saturated rings. The lowest BCUT2D eigenvalue weighted by Gasteiger charge is -2.33. The first-order chi connectivity index (χ1) is 9.97. The summed E-state index contributed by atoms with van der Waals surface area (Å²) < 4.78 is 0.903. The Balaban J connectivity index is 1.82. The van der Waals surface area contributed by atoms with Gasteiger partial charge in [-0.1, -0.05) is 41.4 Å². The smallest absolute Gasteiger partial charge is 0.165 e. The standard InChI is InChI=1S/C17H23BrClNO/c1-12(2)13-5-8-20(9-6-13)10-7-17(21)15-4-3-14(18)11-16(15)19/h3-4,11-13H,5-10H2,1-2H3. The Kier molecular flexibility index (Phi) is 6.27. The van der Waals surface area contributed by atoms with Crippen molar-refractivity contribution >= 4 is 33.3 Å². The highest BCUT2D eigenvalue weighted by Crippen LogP contribution is 2.25. The van der Waals surface area contributed by atoms with Crippen molar-refractivity contribution in [3.63, 3.8) is 0 Å². The van der Waals surface area contributed by atoms with Crippen molar-refractivity contribution in [1.29, 1.82) is 0 Å². The second-order valence-electron chi connectivity index (χ2n) is 6.22. The molecule has 0 N–H and O–H groups in total. The van der Waals surface area contributed by atoms with Gasteiger partial charge in [0.15, 0.2) is 5.78 Å². The first-order valence-corrected chi connectivity index (χ1v) is 8.85. The van der Waals surface area contributed by atoms with E-state index in [1.165, 1.54) is 12.8 Å². The van der Waals surface area contributed by atoms with Crippen LogP contribution in [0.15, 0.2) is 22.7 Å². The third kappa shape index (κ3) is 4.80. The van der Waals surface area contributed by atoms with Crippen LogP contribution in [0.3, 0.4) is 0 Å². The van der Waals surface area contributed by atoms with Gasteiger partial charge in [0.25, 0.3) is 0 Å². The zero-order chi connectivity index (χ0) is 15.4. The van der Waals surface area contributed by atoms with E-state index in [2.05, 4.69) is 34.7 Å². The number of hydrogen-bond donors (Lipinski definition) is 0. The van der Waals surface area contributed by atoms with E-state index in [0.717, 1.165) is 35.9 Å². The summed E-state index contributed by atoms with van der Waals surface area (Å²) in [4.78, 5) is 14.7. The lowest BCUT2D eigenvalue weighted by atomic mass is 9.86. The molecule has 21 heavy (non-hydrogen) atoms. The second kappa shape index (κ2) is 7.75. The number of Topliss-reactive ketones (excluding diaryl/α,β-unsaturated/α-hetero) is 1. The van der Waals surface area contributed by atoms with Crippen molar-refractivity contribution < 1.29 is 4.79 Å². The van der Waals surface area contributed by atoms with Gasteiger partial charge < -0.3 is 4.90 Å². The Bertz CT molecular complexity index is 496. The molecule has 1 aromatic rings. The topological polar surface area (TPSA) is 20.3 Å². The fraction of sp³-hybridized carbons (Fsp3) is 0.588. The maximum absolute atomic E-state index is 12.3. The summed E-state index contributed by atoms with van der Waals surface area (Å²) in [6, 6.07) is 5.45. The highest BCUT2D eigenvalue weighted by atomic mass is 79.9. The van der Waals surface area contributed by atoms with Gasteiger partial charge in [-0.15, -0.1) is 0 Å². The van der Waals surface area contributed by atoms with Gasteiger partial charge in [0, 0.05) is 23.0 Å². The van der Waals surface area contributed by atoms with Crippen LogP contribution in [-0.4, -0.2) is 30.3 Å². The predicted molar refractivity (Wildman–Crippen MR) is 92.1 cm³/mol. The molecule has 116 valence electrons. The van der Waals surface area contributed by atoms with Crippen LogP contribution in [0.25, 0.3) is 0 Å². The van der Waals surface area contributed by atoms with Gasteiger partial charge in [0.1, 0.15) is 0 Å². The van der Waals surface area contributed by atoms with E-state index >= 15 is 0 Å². The zero-order valence-electron chi connectivity index (χ0n) is 12.7. The second-order valence-corrected chi connectivity index (χ2v) is 7.54. The van der Waals surface area contributed by atoms with Crippen LogP contribution in [-0.2, 0) is 0 Å². The van der Waals surface area contributed by atoms with E-state index in [9.17, 15) is 4.79 Å². The van der Waals surface area contributed by atoms with Crippen molar-refractivity contribution in [2.45, 2.75) is 33.1 Å². The van der Waals surface area contributed by atoms with Crippen molar-refractivity contribution in [3.05, 3.63) is 33.3 Å². The van der Waals surface area contributed by atoms with Crippen LogP contribution in [0, 0.1) is 11.8 Å². The van der Waals surface area contributed by atoms with E-state index in [1.54, 1.807) is 12.1 Å². The number of likely N-dealkylation sites (tertiary alicyclic amines) is 1. The quantitative estimate of drug-likeness (QED) is 0.675. The van der Waals surface area contributed by atoms with Crippen LogP contribution in [0.5, 0.6) is 0 Å². The lowest BCUT2D eigenvalue weighted by molar-refractivity contribution is 0.0943. The molecule has 2 nitrogen and oxygen atoms in total. The van der Waals surface area contributed by atoms with Gasteiger partial charge in [-0.25, -0.2) is 0 Å². The number of rotatable bonds is 5. The highest BCUT2D eigenvalue weighted by Gasteiger charge is 2.22. The van der Waals surface area contributed by atoms with E-state index in [1.807, 2.05) is 6.07 Å². The molecule has 0 amide bonds. The number of ketones is 1. The summed E-state index contributed by atoms with van der Waals surface area (Å²) in [5.41, 5.74) is 0.636. The Morgan fingerprint density at radius 2 is 2.05 bits per heavy atom. The number of benzene rings is 1. The maximum atomic E-state index is 12.3. The molecular weight excluding hydrogens is 350 g/mol. The fourth-order valence-corrected chi connectivity index (χ4v) is 3.73. The van der Waals surface area contributed by atoms with Crippen LogP contribution in [0.4, 0.5) is 0 Å². The molecule has 0 atom stereocenters. The van der Waals surface area contributed by atoms with E-state index in [0.29, 0.717) is 17.0 Å². The third-order valence-corrected chi connectivity index (χ3v) is 5.27. The monoisotopic (exact) mass is 371 g/mol. The van der Waals surface area contributed by atoms with Gasteiger partial charge in [0.2, 0.25) is 0 Å². The van der Waals surface area contributed by atoms with Crippen LogP contribution < -0.4 is 0 Å². The molecule has 0 unspecified atom stereocenters. The molecule has 1 heterocycles. The first kappa shape index (κ1) is 17.0. The van der Waals surface area contributed by atoms with E-state index < -0.39 is 0 Å². The third-order valence-electron chi connectivity index (χ3n) is 4.46. The minimum Gasteiger partial charge on any atom is -0.303 e. The number of carbonyl (C=O) groups is 1. The predicted octanol–water partition coefficient (Wildman–Crippen LogP) is 5.04. The Morgan fingerprint density at radius 3 is 2.62 bits per heavy atom. The summed E-state index contributed by atoms with van der Waals surface area (Å²) in [7, 11) is 0. The zero-order valence-corrected chi connectivity index (χ0v) is 15.1. The molecule has 0 bridgehead atoms. The number of piperidine rings is 1. The minimum atomic E-state index is 0.137. The van der Waals surface area contributed by atoms with Crippen LogP contribution in [0.1, 0.15) is 43.5 Å². The molecule has 0 aliphatic carbocycles. The average molecular weight is 373 g/mol. The van der Waals surface area contributed by atoms with Crippen LogP contribution in [0.2, 0.25) is 5.02 Å². The van der Waals surface area contributed by atoms with Crippen molar-refractivity contribution in [2.75, 3.05) is 19.6 Å². The Morgan fingerprint density at radius 1 is 1.38 bits per heavy atom. The summed E-state index contributed by atoms with van der Waals surface area (Å²) in [5.74, 6) is 1.76. The summed E-state index contributed by atoms with van der Waals surface area (Å²) in [6.45, 7) is 7.68. The van der Waals surface area contributed by atoms with Gasteiger partial charge >= 0.3 is 0 Å². The minimum absolute atomic E-state index is 0.137. The molecule has 4 heteroatoms. The number of hydrogen-bond acceptors (Lipinski definition) is 2. The SMILES string of the molecule is CC(C)C1CCN(CCC(=O)c2ccc(Br)cc2Cl)CC1.